The highest BCUT2D eigenvalue weighted by molar-refractivity contribution is 6.09. The van der Waals surface area contributed by atoms with E-state index in [4.69, 9.17) is 4.42 Å². The van der Waals surface area contributed by atoms with Gasteiger partial charge in [0, 0.05) is 40.9 Å². The molecule has 3 aromatic rings. The zero-order valence-corrected chi connectivity index (χ0v) is 19.1. The Morgan fingerprint density at radius 3 is 2.32 bits per heavy atom. The molecule has 2 aromatic carbocycles. The number of benzene rings is 2. The van der Waals surface area contributed by atoms with Gasteiger partial charge in [0.2, 0.25) is 0 Å². The number of hydrogen-bond donors (Lipinski definition) is 2. The topological polar surface area (TPSA) is 127 Å². The number of aryl methyl sites for hydroxylation is 3. The summed E-state index contributed by atoms with van der Waals surface area (Å²) >= 11 is 0. The number of nitrogens with zero attached hydrogens (tertiary/aromatic N) is 2. The van der Waals surface area contributed by atoms with E-state index in [0.29, 0.717) is 35.6 Å². The van der Waals surface area contributed by atoms with Gasteiger partial charge >= 0.3 is 0 Å². The Bertz CT molecular complexity index is 1300. The summed E-state index contributed by atoms with van der Waals surface area (Å²) in [4.78, 5) is 35.7. The largest absolute Gasteiger partial charge is 0.455 e. The smallest absolute Gasteiger partial charge is 0.291 e. The molecular formula is C25H24N4O5. The summed E-state index contributed by atoms with van der Waals surface area (Å²) in [7, 11) is 0. The normalized spacial score (nSPS) is 13.9. The van der Waals surface area contributed by atoms with Crippen molar-refractivity contribution in [3.63, 3.8) is 0 Å². The van der Waals surface area contributed by atoms with Gasteiger partial charge in [0.25, 0.3) is 17.5 Å². The molecule has 0 aliphatic heterocycles. The maximum absolute atomic E-state index is 12.9. The number of hydrogen-bond acceptors (Lipinski definition) is 6. The molecule has 0 spiro atoms. The Hall–Kier alpha value is -4.27. The molecule has 2 N–H and O–H groups in total. The Labute approximate surface area is 196 Å². The third-order valence-electron chi connectivity index (χ3n) is 5.64. The second kappa shape index (κ2) is 9.30. The lowest BCUT2D eigenvalue weighted by Gasteiger charge is -2.13. The minimum absolute atomic E-state index is 0.0968. The first-order valence-corrected chi connectivity index (χ1v) is 10.9. The van der Waals surface area contributed by atoms with E-state index in [2.05, 4.69) is 15.8 Å². The molecule has 0 saturated carbocycles. The number of carbonyl (C=O) groups excluding carboxylic acids is 2. The van der Waals surface area contributed by atoms with E-state index in [1.165, 1.54) is 24.3 Å². The molecule has 0 bridgehead atoms. The molecule has 1 aromatic heterocycles. The minimum Gasteiger partial charge on any atom is -0.455 e. The third kappa shape index (κ3) is 4.73. The van der Waals surface area contributed by atoms with Crippen LogP contribution >= 0.6 is 0 Å². The predicted octanol–water partition coefficient (Wildman–Crippen LogP) is 4.84. The molecule has 0 atom stereocenters. The second-order valence-corrected chi connectivity index (χ2v) is 8.34. The van der Waals surface area contributed by atoms with E-state index in [1.54, 1.807) is 6.92 Å². The minimum atomic E-state index is -0.527. The molecule has 4 rings (SSSR count). The Balaban J connectivity index is 1.54. The van der Waals surface area contributed by atoms with Crippen LogP contribution in [-0.4, -0.2) is 22.4 Å². The van der Waals surface area contributed by atoms with Crippen molar-refractivity contribution in [1.29, 1.82) is 0 Å². The van der Waals surface area contributed by atoms with Gasteiger partial charge in [0.1, 0.15) is 5.76 Å². The van der Waals surface area contributed by atoms with Gasteiger partial charge < -0.3 is 9.73 Å². The highest BCUT2D eigenvalue weighted by atomic mass is 16.6. The zero-order chi connectivity index (χ0) is 24.4. The van der Waals surface area contributed by atoms with Crippen molar-refractivity contribution < 1.29 is 18.9 Å². The standard InChI is InChI=1S/C25H24N4O5/c1-14-11-15(2)13-18(12-14)26-25(31)23-16(3)22-20(5-4-6-21(22)34-23)27-28-24(30)17-7-9-19(10-8-17)29(32)33/h7-13H,4-6H2,1-3H3,(H,26,31)(H,28,30)/b27-20+. The van der Waals surface area contributed by atoms with Gasteiger partial charge in [-0.3, -0.25) is 19.7 Å². The molecule has 1 aliphatic rings. The first-order chi connectivity index (χ1) is 16.2. The van der Waals surface area contributed by atoms with Crippen molar-refractivity contribution in [3.8, 4) is 0 Å². The van der Waals surface area contributed by atoms with Crippen LogP contribution in [0, 0.1) is 30.9 Å². The van der Waals surface area contributed by atoms with Crippen LogP contribution in [0.2, 0.25) is 0 Å². The summed E-state index contributed by atoms with van der Waals surface area (Å²) in [5.74, 6) is 0.0627. The molecule has 1 heterocycles. The molecule has 2 amide bonds. The number of amides is 2. The Morgan fingerprint density at radius 1 is 1.00 bits per heavy atom. The van der Waals surface area contributed by atoms with E-state index in [0.717, 1.165) is 23.1 Å². The molecule has 0 radical (unpaired) electrons. The van der Waals surface area contributed by atoms with Crippen molar-refractivity contribution in [2.24, 2.45) is 5.10 Å². The molecule has 0 saturated heterocycles. The lowest BCUT2D eigenvalue weighted by molar-refractivity contribution is -0.384. The molecule has 34 heavy (non-hydrogen) atoms. The molecule has 9 heteroatoms. The monoisotopic (exact) mass is 460 g/mol. The quantitative estimate of drug-likeness (QED) is 0.416. The summed E-state index contributed by atoms with van der Waals surface area (Å²) < 4.78 is 5.92. The van der Waals surface area contributed by atoms with Crippen LogP contribution in [0.15, 0.2) is 52.0 Å². The van der Waals surface area contributed by atoms with E-state index < -0.39 is 10.8 Å². The highest BCUT2D eigenvalue weighted by Gasteiger charge is 2.28. The Morgan fingerprint density at radius 2 is 1.68 bits per heavy atom. The van der Waals surface area contributed by atoms with Gasteiger partial charge in [-0.1, -0.05) is 6.07 Å². The van der Waals surface area contributed by atoms with Crippen LogP contribution in [0.25, 0.3) is 0 Å². The number of anilines is 1. The summed E-state index contributed by atoms with van der Waals surface area (Å²) in [6, 6.07) is 11.1. The van der Waals surface area contributed by atoms with Crippen LogP contribution in [0.4, 0.5) is 11.4 Å². The highest BCUT2D eigenvalue weighted by Crippen LogP contribution is 2.30. The first kappa shape index (κ1) is 22.9. The van der Waals surface area contributed by atoms with E-state index in [9.17, 15) is 19.7 Å². The van der Waals surface area contributed by atoms with Gasteiger partial charge in [-0.25, -0.2) is 5.43 Å². The second-order valence-electron chi connectivity index (χ2n) is 8.34. The van der Waals surface area contributed by atoms with Gasteiger partial charge in [0.15, 0.2) is 5.76 Å². The molecule has 1 aliphatic carbocycles. The fraction of sp³-hybridized carbons (Fsp3) is 0.240. The Kier molecular flexibility index (Phi) is 6.27. The number of nitro benzene ring substituents is 1. The van der Waals surface area contributed by atoms with Crippen molar-refractivity contribution in [2.75, 3.05) is 5.32 Å². The third-order valence-corrected chi connectivity index (χ3v) is 5.64. The number of fused-ring (bicyclic) bond motifs is 1. The fourth-order valence-corrected chi connectivity index (χ4v) is 4.15. The van der Waals surface area contributed by atoms with Crippen molar-refractivity contribution in [2.45, 2.75) is 40.0 Å². The lowest BCUT2D eigenvalue weighted by Crippen LogP contribution is -2.22. The van der Waals surface area contributed by atoms with Crippen LogP contribution < -0.4 is 10.7 Å². The van der Waals surface area contributed by atoms with Crippen LogP contribution in [-0.2, 0) is 6.42 Å². The number of non-ortho nitro benzene ring substituents is 1. The van der Waals surface area contributed by atoms with Gasteiger partial charge in [-0.2, -0.15) is 5.10 Å². The molecular weight excluding hydrogens is 436 g/mol. The van der Waals surface area contributed by atoms with Crippen LogP contribution in [0.3, 0.4) is 0 Å². The number of furan rings is 1. The van der Waals surface area contributed by atoms with Crippen LogP contribution in [0.5, 0.6) is 0 Å². The maximum Gasteiger partial charge on any atom is 0.291 e. The van der Waals surface area contributed by atoms with E-state index in [-0.39, 0.29) is 22.9 Å². The number of nitro groups is 1. The molecule has 9 nitrogen and oxygen atoms in total. The lowest BCUT2D eigenvalue weighted by atomic mass is 9.93. The van der Waals surface area contributed by atoms with E-state index >= 15 is 0 Å². The van der Waals surface area contributed by atoms with Crippen molar-refractivity contribution in [3.05, 3.63) is 91.9 Å². The summed E-state index contributed by atoms with van der Waals surface area (Å²) in [6.45, 7) is 5.73. The van der Waals surface area contributed by atoms with E-state index in [1.807, 2.05) is 32.0 Å². The number of nitrogens with one attached hydrogen (secondary N) is 2. The zero-order valence-electron chi connectivity index (χ0n) is 19.1. The molecule has 0 unspecified atom stereocenters. The van der Waals surface area contributed by atoms with Crippen molar-refractivity contribution in [1.82, 2.24) is 5.43 Å². The average Bonchev–Trinajstić information content (AvgIpc) is 3.14. The number of carbonyl (C=O) groups is 2. The molecule has 0 fully saturated rings. The summed E-state index contributed by atoms with van der Waals surface area (Å²) in [5.41, 5.74) is 7.49. The van der Waals surface area contributed by atoms with Crippen molar-refractivity contribution >= 4 is 28.9 Å². The summed E-state index contributed by atoms with van der Waals surface area (Å²) in [6.07, 6.45) is 2.05. The summed E-state index contributed by atoms with van der Waals surface area (Å²) in [5, 5.41) is 18.0. The average molecular weight is 460 g/mol. The molecule has 174 valence electrons. The first-order valence-electron chi connectivity index (χ1n) is 10.9. The van der Waals surface area contributed by atoms with Gasteiger partial charge in [-0.05, 0) is 69.0 Å². The number of rotatable bonds is 5. The van der Waals surface area contributed by atoms with Gasteiger partial charge in [-0.15, -0.1) is 0 Å². The van der Waals surface area contributed by atoms with Crippen LogP contribution in [0.1, 0.15) is 61.8 Å². The predicted molar refractivity (Wildman–Crippen MR) is 127 cm³/mol. The SMILES string of the molecule is Cc1cc(C)cc(NC(=O)c2oc3c(c2C)/C(=N/NC(=O)c2ccc([N+](=O)[O-])cc2)CCC3)c1. The fourth-order valence-electron chi connectivity index (χ4n) is 4.15. The maximum atomic E-state index is 12.9. The number of hydrazone groups is 1. The van der Waals surface area contributed by atoms with Gasteiger partial charge in [0.05, 0.1) is 10.6 Å².